The highest BCUT2D eigenvalue weighted by Crippen LogP contribution is 2.23. The Morgan fingerprint density at radius 2 is 1.80 bits per heavy atom. The summed E-state index contributed by atoms with van der Waals surface area (Å²) in [5, 5.41) is 2.34. The van der Waals surface area contributed by atoms with Crippen molar-refractivity contribution in [3.05, 3.63) is 83.9 Å². The first-order valence-corrected chi connectivity index (χ1v) is 10.4. The van der Waals surface area contributed by atoms with Crippen LogP contribution in [0.3, 0.4) is 0 Å². The second-order valence-corrected chi connectivity index (χ2v) is 7.90. The van der Waals surface area contributed by atoms with Gasteiger partial charge < -0.3 is 9.64 Å². The Bertz CT molecular complexity index is 1060. The van der Waals surface area contributed by atoms with E-state index in [-0.39, 0.29) is 5.91 Å². The van der Waals surface area contributed by atoms with Gasteiger partial charge in [-0.3, -0.25) is 9.69 Å². The number of hydrogen-bond acceptors (Lipinski definition) is 3. The van der Waals surface area contributed by atoms with Gasteiger partial charge >= 0.3 is 0 Å². The van der Waals surface area contributed by atoms with Gasteiger partial charge in [0, 0.05) is 19.6 Å². The van der Waals surface area contributed by atoms with E-state index in [9.17, 15) is 4.79 Å². The molecule has 0 spiro atoms. The van der Waals surface area contributed by atoms with E-state index in [1.165, 1.54) is 22.1 Å². The molecule has 4 heteroatoms. The molecule has 0 saturated carbocycles. The summed E-state index contributed by atoms with van der Waals surface area (Å²) in [5.74, 6) is 1.05. The van der Waals surface area contributed by atoms with Crippen LogP contribution in [0.1, 0.15) is 17.5 Å². The van der Waals surface area contributed by atoms with Gasteiger partial charge in [0.2, 0.25) is 5.91 Å². The SMILES string of the molecule is COc1ccc2cc(CN(C)CC(=O)N3CC=C(c4ccccc4)CC3)ccc2c1. The van der Waals surface area contributed by atoms with Crippen LogP contribution >= 0.6 is 0 Å². The zero-order valence-electron chi connectivity index (χ0n) is 17.7. The van der Waals surface area contributed by atoms with E-state index in [2.05, 4.69) is 59.5 Å². The molecular weight excluding hydrogens is 372 g/mol. The Morgan fingerprint density at radius 1 is 1.03 bits per heavy atom. The largest absolute Gasteiger partial charge is 0.497 e. The molecule has 0 radical (unpaired) electrons. The Hall–Kier alpha value is -3.11. The number of benzene rings is 3. The van der Waals surface area contributed by atoms with Crippen molar-refractivity contribution in [1.29, 1.82) is 0 Å². The molecule has 0 bridgehead atoms. The second kappa shape index (κ2) is 9.14. The Kier molecular flexibility index (Phi) is 6.15. The first-order valence-electron chi connectivity index (χ1n) is 10.4. The monoisotopic (exact) mass is 400 g/mol. The van der Waals surface area contributed by atoms with Gasteiger partial charge in [-0.25, -0.2) is 0 Å². The third kappa shape index (κ3) is 4.71. The fourth-order valence-corrected chi connectivity index (χ4v) is 4.01. The van der Waals surface area contributed by atoms with Crippen molar-refractivity contribution in [2.24, 2.45) is 0 Å². The number of methoxy groups -OCH3 is 1. The average molecular weight is 401 g/mol. The van der Waals surface area contributed by atoms with E-state index in [4.69, 9.17) is 4.74 Å². The van der Waals surface area contributed by atoms with Crippen LogP contribution in [0.5, 0.6) is 5.75 Å². The van der Waals surface area contributed by atoms with Crippen molar-refractivity contribution >= 4 is 22.3 Å². The van der Waals surface area contributed by atoms with Crippen LogP contribution in [0.2, 0.25) is 0 Å². The molecule has 30 heavy (non-hydrogen) atoms. The van der Waals surface area contributed by atoms with Gasteiger partial charge in [-0.15, -0.1) is 0 Å². The summed E-state index contributed by atoms with van der Waals surface area (Å²) in [4.78, 5) is 16.8. The molecule has 1 aliphatic rings. The van der Waals surface area contributed by atoms with Gasteiger partial charge in [-0.1, -0.05) is 54.6 Å². The quantitative estimate of drug-likeness (QED) is 0.606. The summed E-state index contributed by atoms with van der Waals surface area (Å²) in [6.07, 6.45) is 3.10. The summed E-state index contributed by atoms with van der Waals surface area (Å²) < 4.78 is 5.30. The Labute approximate surface area is 178 Å². The molecule has 0 N–H and O–H groups in total. The Morgan fingerprint density at radius 3 is 2.53 bits per heavy atom. The van der Waals surface area contributed by atoms with E-state index in [0.717, 1.165) is 30.6 Å². The van der Waals surface area contributed by atoms with E-state index >= 15 is 0 Å². The lowest BCUT2D eigenvalue weighted by Crippen LogP contribution is -2.40. The smallest absolute Gasteiger partial charge is 0.237 e. The number of hydrogen-bond donors (Lipinski definition) is 0. The van der Waals surface area contributed by atoms with Crippen LogP contribution in [-0.2, 0) is 11.3 Å². The molecular formula is C26H28N2O2. The number of ether oxygens (including phenoxy) is 1. The number of carbonyl (C=O) groups is 1. The van der Waals surface area contributed by atoms with E-state index in [0.29, 0.717) is 13.1 Å². The Balaban J connectivity index is 1.34. The van der Waals surface area contributed by atoms with Crippen LogP contribution in [0.4, 0.5) is 0 Å². The number of nitrogens with zero attached hydrogens (tertiary/aromatic N) is 2. The lowest BCUT2D eigenvalue weighted by molar-refractivity contribution is -0.131. The molecule has 1 amide bonds. The minimum absolute atomic E-state index is 0.186. The summed E-state index contributed by atoms with van der Waals surface area (Å²) in [5.41, 5.74) is 3.80. The summed E-state index contributed by atoms with van der Waals surface area (Å²) >= 11 is 0. The second-order valence-electron chi connectivity index (χ2n) is 7.90. The average Bonchev–Trinajstić information content (AvgIpc) is 2.79. The minimum atomic E-state index is 0.186. The minimum Gasteiger partial charge on any atom is -0.497 e. The van der Waals surface area contributed by atoms with Crippen molar-refractivity contribution in [3.63, 3.8) is 0 Å². The number of rotatable bonds is 6. The molecule has 0 aromatic heterocycles. The first kappa shape index (κ1) is 20.2. The molecule has 0 fully saturated rings. The normalized spacial score (nSPS) is 14.1. The number of fused-ring (bicyclic) bond motifs is 1. The van der Waals surface area contributed by atoms with Crippen LogP contribution < -0.4 is 4.74 Å². The lowest BCUT2D eigenvalue weighted by Gasteiger charge is -2.28. The number of carbonyl (C=O) groups excluding carboxylic acids is 1. The van der Waals surface area contributed by atoms with Crippen molar-refractivity contribution in [2.45, 2.75) is 13.0 Å². The van der Waals surface area contributed by atoms with Gasteiger partial charge in [0.1, 0.15) is 5.75 Å². The topological polar surface area (TPSA) is 32.8 Å². The van der Waals surface area contributed by atoms with Gasteiger partial charge in [-0.05, 0) is 59.1 Å². The maximum Gasteiger partial charge on any atom is 0.237 e. The summed E-state index contributed by atoms with van der Waals surface area (Å²) in [6.45, 7) is 2.64. The molecule has 1 heterocycles. The molecule has 3 aromatic rings. The standard InChI is InChI=1S/C26H28N2O2/c1-27(18-20-8-9-24-17-25(30-2)11-10-23(24)16-20)19-26(29)28-14-12-22(13-15-28)21-6-4-3-5-7-21/h3-12,16-17H,13-15,18-19H2,1-2H3. The van der Waals surface area contributed by atoms with E-state index in [1.54, 1.807) is 7.11 Å². The molecule has 0 unspecified atom stereocenters. The molecule has 3 aromatic carbocycles. The van der Waals surface area contributed by atoms with E-state index in [1.807, 2.05) is 30.1 Å². The molecule has 0 atom stereocenters. The molecule has 1 aliphatic heterocycles. The fourth-order valence-electron chi connectivity index (χ4n) is 4.01. The maximum atomic E-state index is 12.8. The number of likely N-dealkylation sites (N-methyl/N-ethyl adjacent to an activating group) is 1. The highest BCUT2D eigenvalue weighted by atomic mass is 16.5. The highest BCUT2D eigenvalue weighted by Gasteiger charge is 2.19. The van der Waals surface area contributed by atoms with Crippen LogP contribution in [-0.4, -0.2) is 49.5 Å². The van der Waals surface area contributed by atoms with Gasteiger partial charge in [0.05, 0.1) is 13.7 Å². The van der Waals surface area contributed by atoms with Gasteiger partial charge in [-0.2, -0.15) is 0 Å². The third-order valence-electron chi connectivity index (χ3n) is 5.68. The summed E-state index contributed by atoms with van der Waals surface area (Å²) in [6, 6.07) is 22.9. The zero-order chi connectivity index (χ0) is 20.9. The van der Waals surface area contributed by atoms with Gasteiger partial charge in [0.15, 0.2) is 0 Å². The van der Waals surface area contributed by atoms with Crippen molar-refractivity contribution in [1.82, 2.24) is 9.80 Å². The molecule has 0 aliphatic carbocycles. The first-order chi connectivity index (χ1) is 14.6. The molecule has 4 nitrogen and oxygen atoms in total. The van der Waals surface area contributed by atoms with Crippen LogP contribution in [0, 0.1) is 0 Å². The molecule has 4 rings (SSSR count). The van der Waals surface area contributed by atoms with Gasteiger partial charge in [0.25, 0.3) is 0 Å². The predicted molar refractivity (Wildman–Crippen MR) is 122 cm³/mol. The van der Waals surface area contributed by atoms with E-state index < -0.39 is 0 Å². The van der Waals surface area contributed by atoms with Crippen LogP contribution in [0.25, 0.3) is 16.3 Å². The predicted octanol–water partition coefficient (Wildman–Crippen LogP) is 4.60. The summed E-state index contributed by atoms with van der Waals surface area (Å²) in [7, 11) is 3.69. The lowest BCUT2D eigenvalue weighted by atomic mass is 9.99. The van der Waals surface area contributed by atoms with Crippen molar-refractivity contribution in [2.75, 3.05) is 33.8 Å². The zero-order valence-corrected chi connectivity index (χ0v) is 17.7. The highest BCUT2D eigenvalue weighted by molar-refractivity contribution is 5.84. The maximum absolute atomic E-state index is 12.8. The molecule has 154 valence electrons. The third-order valence-corrected chi connectivity index (χ3v) is 5.68. The fraction of sp³-hybridized carbons (Fsp3) is 0.269. The van der Waals surface area contributed by atoms with Crippen LogP contribution in [0.15, 0.2) is 72.8 Å². The number of amides is 1. The molecule has 0 saturated heterocycles. The van der Waals surface area contributed by atoms with Crippen molar-refractivity contribution < 1.29 is 9.53 Å². The van der Waals surface area contributed by atoms with Crippen molar-refractivity contribution in [3.8, 4) is 5.75 Å².